The number of benzene rings is 1. The van der Waals surface area contributed by atoms with Gasteiger partial charge < -0.3 is 10.1 Å². The fourth-order valence-electron chi connectivity index (χ4n) is 4.62. The number of nitrogens with one attached hydrogen (secondary N) is 1. The molecule has 1 aromatic rings. The van der Waals surface area contributed by atoms with E-state index in [0.29, 0.717) is 0 Å². The van der Waals surface area contributed by atoms with Gasteiger partial charge in [-0.2, -0.15) is 0 Å². The smallest absolute Gasteiger partial charge is 0.119 e. The van der Waals surface area contributed by atoms with Gasteiger partial charge in [-0.3, -0.25) is 4.90 Å². The fraction of sp³-hybridized carbons (Fsp3) is 0.625. The van der Waals surface area contributed by atoms with Gasteiger partial charge in [-0.05, 0) is 55.5 Å². The molecule has 0 amide bonds. The highest BCUT2D eigenvalue weighted by Crippen LogP contribution is 2.47. The van der Waals surface area contributed by atoms with Crippen molar-refractivity contribution in [1.82, 2.24) is 10.2 Å². The minimum Gasteiger partial charge on any atom is -0.497 e. The average Bonchev–Trinajstić information content (AvgIpc) is 3.11. The maximum absolute atomic E-state index is 5.33. The highest BCUT2D eigenvalue weighted by molar-refractivity contribution is 5.85. The van der Waals surface area contributed by atoms with Crippen LogP contribution in [-0.4, -0.2) is 37.2 Å². The van der Waals surface area contributed by atoms with E-state index in [9.17, 15) is 0 Å². The summed E-state index contributed by atoms with van der Waals surface area (Å²) in [5, 5.41) is 3.58. The zero-order valence-electron chi connectivity index (χ0n) is 12.3. The Morgan fingerprint density at radius 2 is 1.81 bits per heavy atom. The quantitative estimate of drug-likeness (QED) is 0.922. The van der Waals surface area contributed by atoms with Crippen molar-refractivity contribution in [3.63, 3.8) is 0 Å². The summed E-state index contributed by atoms with van der Waals surface area (Å²) >= 11 is 0. The normalized spacial score (nSPS) is 33.2. The zero-order chi connectivity index (χ0) is 12.8. The van der Waals surface area contributed by atoms with E-state index in [2.05, 4.69) is 28.4 Å². The molecule has 0 radical (unpaired) electrons. The van der Waals surface area contributed by atoms with Crippen LogP contribution in [0.1, 0.15) is 18.4 Å². The van der Waals surface area contributed by atoms with Gasteiger partial charge in [0, 0.05) is 18.6 Å². The minimum absolute atomic E-state index is 0. The lowest BCUT2D eigenvalue weighted by atomic mass is 9.82. The lowest BCUT2D eigenvalue weighted by molar-refractivity contribution is 0.218. The van der Waals surface area contributed by atoms with Crippen molar-refractivity contribution in [2.24, 2.45) is 11.8 Å². The number of hydrogen-bond acceptors (Lipinski definition) is 3. The number of halogens is 2. The molecule has 5 heteroatoms. The number of nitrogens with zero attached hydrogens (tertiary/aromatic N) is 1. The van der Waals surface area contributed by atoms with Gasteiger partial charge >= 0.3 is 0 Å². The van der Waals surface area contributed by atoms with Gasteiger partial charge in [0.1, 0.15) is 5.75 Å². The van der Waals surface area contributed by atoms with Gasteiger partial charge in [0.15, 0.2) is 0 Å². The summed E-state index contributed by atoms with van der Waals surface area (Å²) in [5.41, 5.74) is 1.39. The second kappa shape index (κ2) is 6.74. The Bertz CT molecular complexity index is 467. The molecule has 3 aliphatic rings. The first-order valence-electron chi connectivity index (χ1n) is 7.46. The van der Waals surface area contributed by atoms with Crippen molar-refractivity contribution in [1.29, 1.82) is 0 Å². The van der Waals surface area contributed by atoms with Crippen molar-refractivity contribution in [3.05, 3.63) is 29.8 Å². The molecule has 0 aromatic heterocycles. The van der Waals surface area contributed by atoms with Crippen LogP contribution in [0.2, 0.25) is 0 Å². The molecular weight excluding hydrogens is 307 g/mol. The largest absolute Gasteiger partial charge is 0.497 e. The Morgan fingerprint density at radius 3 is 2.43 bits per heavy atom. The van der Waals surface area contributed by atoms with Crippen LogP contribution < -0.4 is 10.1 Å². The number of methoxy groups -OCH3 is 1. The predicted molar refractivity (Wildman–Crippen MR) is 89.7 cm³/mol. The maximum Gasteiger partial charge on any atom is 0.119 e. The van der Waals surface area contributed by atoms with E-state index in [1.807, 2.05) is 6.07 Å². The molecule has 3 aliphatic heterocycles. The number of hydrogen-bond donors (Lipinski definition) is 1. The first-order valence-corrected chi connectivity index (χ1v) is 7.46. The minimum atomic E-state index is 0. The van der Waals surface area contributed by atoms with Crippen LogP contribution in [-0.2, 0) is 6.54 Å². The molecule has 3 nitrogen and oxygen atoms in total. The van der Waals surface area contributed by atoms with Gasteiger partial charge in [0.05, 0.1) is 7.11 Å². The lowest BCUT2D eigenvalue weighted by Crippen LogP contribution is -2.33. The summed E-state index contributed by atoms with van der Waals surface area (Å²) in [6.45, 7) is 3.57. The maximum atomic E-state index is 5.33. The molecule has 21 heavy (non-hydrogen) atoms. The third kappa shape index (κ3) is 2.77. The van der Waals surface area contributed by atoms with Gasteiger partial charge in [-0.25, -0.2) is 0 Å². The molecule has 1 aromatic carbocycles. The molecule has 3 fully saturated rings. The molecule has 3 saturated heterocycles. The summed E-state index contributed by atoms with van der Waals surface area (Å²) in [6, 6.07) is 10.2. The van der Waals surface area contributed by atoms with Crippen LogP contribution in [0.5, 0.6) is 5.75 Å². The molecule has 0 unspecified atom stereocenters. The van der Waals surface area contributed by atoms with E-state index in [-0.39, 0.29) is 24.8 Å². The predicted octanol–water partition coefficient (Wildman–Crippen LogP) is 2.72. The number of ether oxygens (including phenoxy) is 1. The summed E-state index contributed by atoms with van der Waals surface area (Å²) in [6.07, 6.45) is 2.80. The Balaban J connectivity index is 0.000000807. The van der Waals surface area contributed by atoms with Crippen LogP contribution in [0.15, 0.2) is 24.3 Å². The molecular formula is C16H24Cl2N2O. The second-order valence-corrected chi connectivity index (χ2v) is 6.22. The van der Waals surface area contributed by atoms with Crippen LogP contribution in [0.4, 0.5) is 0 Å². The third-order valence-electron chi connectivity index (χ3n) is 5.41. The van der Waals surface area contributed by atoms with Gasteiger partial charge in [0.2, 0.25) is 0 Å². The topological polar surface area (TPSA) is 24.5 Å². The van der Waals surface area contributed by atoms with Gasteiger partial charge in [-0.15, -0.1) is 24.8 Å². The molecule has 1 N–H and O–H groups in total. The van der Waals surface area contributed by atoms with Crippen LogP contribution in [0.3, 0.4) is 0 Å². The third-order valence-corrected chi connectivity index (χ3v) is 5.41. The van der Waals surface area contributed by atoms with Crippen LogP contribution in [0.25, 0.3) is 0 Å². The molecule has 3 heterocycles. The molecule has 0 aliphatic carbocycles. The SMILES string of the molecule is COc1cccc(CN2[C@@H]3CC[C@H]2[C@H]2CNC[C@H]23)c1.Cl.Cl. The molecule has 118 valence electrons. The zero-order valence-corrected chi connectivity index (χ0v) is 14.0. The Morgan fingerprint density at radius 1 is 1.14 bits per heavy atom. The van der Waals surface area contributed by atoms with Crippen molar-refractivity contribution in [3.8, 4) is 5.75 Å². The summed E-state index contributed by atoms with van der Waals surface area (Å²) in [7, 11) is 1.74. The van der Waals surface area contributed by atoms with E-state index in [1.165, 1.54) is 31.5 Å². The highest BCUT2D eigenvalue weighted by Gasteiger charge is 2.54. The molecule has 2 bridgehead atoms. The van der Waals surface area contributed by atoms with Crippen LogP contribution >= 0.6 is 24.8 Å². The van der Waals surface area contributed by atoms with E-state index >= 15 is 0 Å². The van der Waals surface area contributed by atoms with Crippen LogP contribution in [0, 0.1) is 11.8 Å². The van der Waals surface area contributed by atoms with E-state index in [1.54, 1.807) is 7.11 Å². The van der Waals surface area contributed by atoms with E-state index < -0.39 is 0 Å². The second-order valence-electron chi connectivity index (χ2n) is 6.22. The molecule has 4 rings (SSSR count). The molecule has 4 atom stereocenters. The van der Waals surface area contributed by atoms with E-state index in [0.717, 1.165) is 36.2 Å². The first-order chi connectivity index (χ1) is 9.36. The Hall–Kier alpha value is -0.480. The monoisotopic (exact) mass is 330 g/mol. The molecule has 0 saturated carbocycles. The summed E-state index contributed by atoms with van der Waals surface area (Å²) < 4.78 is 5.33. The summed E-state index contributed by atoms with van der Waals surface area (Å²) in [5.74, 6) is 2.79. The number of rotatable bonds is 3. The summed E-state index contributed by atoms with van der Waals surface area (Å²) in [4.78, 5) is 2.77. The standard InChI is InChI=1S/C16H22N2O.2ClH/c1-19-12-4-2-3-11(7-12)10-18-15-5-6-16(18)14-9-17-8-13(14)15;;/h2-4,7,13-17H,5-6,8-10H2,1H3;2*1H/t13-,14+,15-,16+;;. The van der Waals surface area contributed by atoms with Gasteiger partial charge in [0.25, 0.3) is 0 Å². The van der Waals surface area contributed by atoms with Crippen molar-refractivity contribution >= 4 is 24.8 Å². The first kappa shape index (κ1) is 16.9. The van der Waals surface area contributed by atoms with Gasteiger partial charge in [-0.1, -0.05) is 12.1 Å². The lowest BCUT2D eigenvalue weighted by Gasteiger charge is -2.24. The van der Waals surface area contributed by atoms with Crippen molar-refractivity contribution in [2.45, 2.75) is 31.5 Å². The van der Waals surface area contributed by atoms with Crippen molar-refractivity contribution in [2.75, 3.05) is 20.2 Å². The highest BCUT2D eigenvalue weighted by atomic mass is 35.5. The average molecular weight is 331 g/mol. The number of fused-ring (bicyclic) bond motifs is 5. The Labute approximate surface area is 139 Å². The van der Waals surface area contributed by atoms with E-state index in [4.69, 9.17) is 4.74 Å². The molecule has 0 spiro atoms. The van der Waals surface area contributed by atoms with Crippen molar-refractivity contribution < 1.29 is 4.74 Å². The fourth-order valence-corrected chi connectivity index (χ4v) is 4.62. The Kier molecular flexibility index (Phi) is 5.42.